The SMILES string of the molecule is COC(=O)c1c(N)[nH]c2cccc(C(F)(F)F)c12. The highest BCUT2D eigenvalue weighted by Gasteiger charge is 2.35. The molecule has 0 saturated carbocycles. The third kappa shape index (κ3) is 1.77. The van der Waals surface area contributed by atoms with Crippen molar-refractivity contribution in [1.82, 2.24) is 4.98 Å². The Bertz CT molecular complexity index is 617. The molecular weight excluding hydrogens is 249 g/mol. The molecule has 0 radical (unpaired) electrons. The molecule has 1 heterocycles. The standard InChI is InChI=1S/C11H9F3N2O2/c1-18-10(17)8-7-5(11(12,13)14)3-2-4-6(7)16-9(8)15/h2-4,16H,15H2,1H3. The van der Waals surface area contributed by atoms with E-state index in [9.17, 15) is 18.0 Å². The molecule has 0 aliphatic rings. The first-order valence-corrected chi connectivity index (χ1v) is 4.92. The van der Waals surface area contributed by atoms with Crippen LogP contribution >= 0.6 is 0 Å². The van der Waals surface area contributed by atoms with Gasteiger partial charge in [0.1, 0.15) is 11.4 Å². The van der Waals surface area contributed by atoms with E-state index in [-0.39, 0.29) is 22.3 Å². The second-order valence-corrected chi connectivity index (χ2v) is 3.63. The quantitative estimate of drug-likeness (QED) is 0.772. The molecule has 7 heteroatoms. The Balaban J connectivity index is 2.86. The van der Waals surface area contributed by atoms with Crippen LogP contribution in [-0.4, -0.2) is 18.1 Å². The molecule has 0 spiro atoms. The Kier molecular flexibility index (Phi) is 2.68. The number of nitrogens with two attached hydrogens (primary N) is 1. The zero-order valence-electron chi connectivity index (χ0n) is 9.26. The number of nitrogens with one attached hydrogen (secondary N) is 1. The molecule has 0 bridgehead atoms. The molecule has 0 amide bonds. The zero-order chi connectivity index (χ0) is 13.5. The average Bonchev–Trinajstić information content (AvgIpc) is 2.62. The number of alkyl halides is 3. The van der Waals surface area contributed by atoms with E-state index in [1.54, 1.807) is 0 Å². The van der Waals surface area contributed by atoms with Crippen molar-refractivity contribution in [2.75, 3.05) is 12.8 Å². The molecule has 0 unspecified atom stereocenters. The van der Waals surface area contributed by atoms with Gasteiger partial charge in [-0.3, -0.25) is 0 Å². The summed E-state index contributed by atoms with van der Waals surface area (Å²) in [5, 5.41) is -0.269. The van der Waals surface area contributed by atoms with Crippen molar-refractivity contribution in [3.05, 3.63) is 29.3 Å². The molecule has 3 N–H and O–H groups in total. The molecule has 96 valence electrons. The number of hydrogen-bond donors (Lipinski definition) is 2. The lowest BCUT2D eigenvalue weighted by Crippen LogP contribution is -2.09. The molecule has 0 aliphatic heterocycles. The van der Waals surface area contributed by atoms with Gasteiger partial charge in [-0.1, -0.05) is 6.07 Å². The smallest absolute Gasteiger partial charge is 0.417 e. The second-order valence-electron chi connectivity index (χ2n) is 3.63. The highest BCUT2D eigenvalue weighted by Crippen LogP contribution is 2.38. The number of carbonyl (C=O) groups excluding carboxylic acids is 1. The van der Waals surface area contributed by atoms with Gasteiger partial charge in [0.2, 0.25) is 0 Å². The minimum Gasteiger partial charge on any atom is -0.465 e. The summed E-state index contributed by atoms with van der Waals surface area (Å²) in [5.41, 5.74) is 4.45. The van der Waals surface area contributed by atoms with Crippen LogP contribution in [0.1, 0.15) is 15.9 Å². The maximum Gasteiger partial charge on any atom is 0.417 e. The second kappa shape index (κ2) is 3.94. The van der Waals surface area contributed by atoms with E-state index in [4.69, 9.17) is 5.73 Å². The van der Waals surface area contributed by atoms with Crippen molar-refractivity contribution in [3.63, 3.8) is 0 Å². The number of aromatic amines is 1. The number of aromatic nitrogens is 1. The maximum absolute atomic E-state index is 12.9. The van der Waals surface area contributed by atoms with Crippen LogP contribution in [0.5, 0.6) is 0 Å². The number of ether oxygens (including phenoxy) is 1. The van der Waals surface area contributed by atoms with Gasteiger partial charge in [0.15, 0.2) is 0 Å². The fraction of sp³-hybridized carbons (Fsp3) is 0.182. The molecule has 0 aliphatic carbocycles. The Morgan fingerprint density at radius 3 is 2.61 bits per heavy atom. The number of fused-ring (bicyclic) bond motifs is 1. The van der Waals surface area contributed by atoms with E-state index in [2.05, 4.69) is 9.72 Å². The van der Waals surface area contributed by atoms with Gasteiger partial charge >= 0.3 is 12.1 Å². The molecule has 2 rings (SSSR count). The molecular formula is C11H9F3N2O2. The highest BCUT2D eigenvalue weighted by molar-refractivity contribution is 6.10. The number of hydrogen-bond acceptors (Lipinski definition) is 3. The van der Waals surface area contributed by atoms with Crippen LogP contribution < -0.4 is 5.73 Å². The van der Waals surface area contributed by atoms with Gasteiger partial charge in [-0.05, 0) is 12.1 Å². The summed E-state index contributed by atoms with van der Waals surface area (Å²) in [7, 11) is 1.08. The fourth-order valence-electron chi connectivity index (χ4n) is 1.82. The monoisotopic (exact) mass is 258 g/mol. The van der Waals surface area contributed by atoms with Crippen LogP contribution in [0.4, 0.5) is 19.0 Å². The minimum absolute atomic E-state index is 0.141. The lowest BCUT2D eigenvalue weighted by molar-refractivity contribution is -0.136. The third-order valence-corrected chi connectivity index (χ3v) is 2.55. The van der Waals surface area contributed by atoms with E-state index in [1.165, 1.54) is 12.1 Å². The van der Waals surface area contributed by atoms with Gasteiger partial charge in [0.05, 0.1) is 12.7 Å². The molecule has 18 heavy (non-hydrogen) atoms. The van der Waals surface area contributed by atoms with Crippen molar-refractivity contribution >= 4 is 22.7 Å². The third-order valence-electron chi connectivity index (χ3n) is 2.55. The first-order chi connectivity index (χ1) is 8.36. The van der Waals surface area contributed by atoms with Crippen molar-refractivity contribution in [2.24, 2.45) is 0 Å². The van der Waals surface area contributed by atoms with Gasteiger partial charge < -0.3 is 15.5 Å². The maximum atomic E-state index is 12.9. The van der Waals surface area contributed by atoms with Crippen molar-refractivity contribution in [1.29, 1.82) is 0 Å². The number of nitrogen functional groups attached to an aromatic ring is 1. The van der Waals surface area contributed by atoms with Crippen LogP contribution in [0.25, 0.3) is 10.9 Å². The Hall–Kier alpha value is -2.18. The number of benzene rings is 1. The number of halogens is 3. The van der Waals surface area contributed by atoms with E-state index >= 15 is 0 Å². The normalized spacial score (nSPS) is 11.8. The summed E-state index contributed by atoms with van der Waals surface area (Å²) in [5.74, 6) is -1.05. The van der Waals surface area contributed by atoms with Gasteiger partial charge in [0, 0.05) is 10.9 Å². The topological polar surface area (TPSA) is 68.1 Å². The van der Waals surface area contributed by atoms with Crippen LogP contribution in [0.2, 0.25) is 0 Å². The van der Waals surface area contributed by atoms with Crippen molar-refractivity contribution in [3.8, 4) is 0 Å². The number of H-pyrrole nitrogens is 1. The molecule has 0 fully saturated rings. The molecule has 0 atom stereocenters. The van der Waals surface area contributed by atoms with E-state index in [0.717, 1.165) is 13.2 Å². The fourth-order valence-corrected chi connectivity index (χ4v) is 1.82. The average molecular weight is 258 g/mol. The van der Waals surface area contributed by atoms with Crippen LogP contribution in [-0.2, 0) is 10.9 Å². The Morgan fingerprint density at radius 1 is 1.39 bits per heavy atom. The van der Waals surface area contributed by atoms with E-state index in [0.29, 0.717) is 0 Å². The minimum atomic E-state index is -4.57. The molecule has 1 aromatic heterocycles. The number of esters is 1. The summed E-state index contributed by atoms with van der Waals surface area (Å²) in [4.78, 5) is 14.0. The van der Waals surface area contributed by atoms with Crippen LogP contribution in [0.3, 0.4) is 0 Å². The molecule has 1 aromatic carbocycles. The zero-order valence-corrected chi connectivity index (χ0v) is 9.26. The summed E-state index contributed by atoms with van der Waals surface area (Å²) >= 11 is 0. The van der Waals surface area contributed by atoms with E-state index < -0.39 is 17.7 Å². The summed E-state index contributed by atoms with van der Waals surface area (Å²) in [6.45, 7) is 0. The first-order valence-electron chi connectivity index (χ1n) is 4.92. The molecule has 2 aromatic rings. The first kappa shape index (κ1) is 12.3. The number of anilines is 1. The van der Waals surface area contributed by atoms with Crippen LogP contribution in [0.15, 0.2) is 18.2 Å². The lowest BCUT2D eigenvalue weighted by Gasteiger charge is -2.09. The summed E-state index contributed by atoms with van der Waals surface area (Å²) < 4.78 is 43.0. The predicted octanol–water partition coefficient (Wildman–Crippen LogP) is 2.56. The lowest BCUT2D eigenvalue weighted by atomic mass is 10.1. The number of methoxy groups -OCH3 is 1. The van der Waals surface area contributed by atoms with Gasteiger partial charge in [-0.2, -0.15) is 13.2 Å². The largest absolute Gasteiger partial charge is 0.465 e. The predicted molar refractivity (Wildman–Crippen MR) is 59.1 cm³/mol. The molecule has 4 nitrogen and oxygen atoms in total. The van der Waals surface area contributed by atoms with Crippen molar-refractivity contribution < 1.29 is 22.7 Å². The number of rotatable bonds is 1. The van der Waals surface area contributed by atoms with Crippen molar-refractivity contribution in [2.45, 2.75) is 6.18 Å². The van der Waals surface area contributed by atoms with Crippen LogP contribution in [0, 0.1) is 0 Å². The van der Waals surface area contributed by atoms with Gasteiger partial charge in [0.25, 0.3) is 0 Å². The Morgan fingerprint density at radius 2 is 2.06 bits per heavy atom. The highest BCUT2D eigenvalue weighted by atomic mass is 19.4. The van der Waals surface area contributed by atoms with Gasteiger partial charge in [-0.25, -0.2) is 4.79 Å². The number of carbonyl (C=O) groups is 1. The van der Waals surface area contributed by atoms with Gasteiger partial charge in [-0.15, -0.1) is 0 Å². The molecule has 0 saturated heterocycles. The summed E-state index contributed by atoms with van der Waals surface area (Å²) in [6, 6.07) is 3.54. The van der Waals surface area contributed by atoms with E-state index in [1.807, 2.05) is 0 Å². The summed E-state index contributed by atoms with van der Waals surface area (Å²) in [6.07, 6.45) is -4.57. The Labute approximate surface area is 99.5 Å².